The van der Waals surface area contributed by atoms with Crippen molar-refractivity contribution < 1.29 is 30.0 Å². The number of fused-ring (bicyclic) bond motifs is 3. The third-order valence-electron chi connectivity index (χ3n) is 4.20. The van der Waals surface area contributed by atoms with Gasteiger partial charge >= 0.3 is 0 Å². The number of aryl methyl sites for hydroxylation is 1. The second-order valence-corrected chi connectivity index (χ2v) is 6.33. The van der Waals surface area contributed by atoms with Crippen LogP contribution in [0.5, 0.6) is 0 Å². The molecule has 0 unspecified atom stereocenters. The molecule has 1 N–H and O–H groups in total. The Morgan fingerprint density at radius 2 is 1.79 bits per heavy atom. The summed E-state index contributed by atoms with van der Waals surface area (Å²) >= 11 is 0. The summed E-state index contributed by atoms with van der Waals surface area (Å²) in [7, 11) is 2.10. The van der Waals surface area contributed by atoms with Gasteiger partial charge in [0, 0.05) is 44.9 Å². The van der Waals surface area contributed by atoms with Crippen LogP contribution in [0.3, 0.4) is 0 Å². The standard InChI is InChI=1S/C18H13N2.C5H8O2.Ir/c1-20-17-8-3-2-6-14(17)15-10-9-13(12-18(15)20)16-7-4-5-11-19-16;1-4(6)3-5(2)7;/h2-8,10-12H,1H3;3,6H,1-2H3;/q-1;;/b;4-3-;. The van der Waals surface area contributed by atoms with E-state index in [4.69, 9.17) is 5.11 Å². The number of pyridine rings is 1. The number of benzene rings is 2. The molecule has 1 radical (unpaired) electrons. The molecular formula is C23H21IrN2O2-. The molecule has 0 aliphatic heterocycles. The van der Waals surface area contributed by atoms with Crippen molar-refractivity contribution in [2.45, 2.75) is 13.8 Å². The fourth-order valence-corrected chi connectivity index (χ4v) is 3.06. The molecule has 0 aliphatic carbocycles. The molecule has 2 aromatic carbocycles. The first-order chi connectivity index (χ1) is 13.0. The first-order valence-corrected chi connectivity index (χ1v) is 8.65. The van der Waals surface area contributed by atoms with Gasteiger partial charge in [0.15, 0.2) is 5.78 Å². The number of allylic oxidation sites excluding steroid dienone is 2. The van der Waals surface area contributed by atoms with Crippen molar-refractivity contribution in [3.8, 4) is 11.3 Å². The Labute approximate surface area is 177 Å². The van der Waals surface area contributed by atoms with Crippen LogP contribution in [0.25, 0.3) is 33.1 Å². The van der Waals surface area contributed by atoms with Crippen LogP contribution in [0, 0.1) is 6.07 Å². The van der Waals surface area contributed by atoms with E-state index >= 15 is 0 Å². The zero-order valence-corrected chi connectivity index (χ0v) is 18.3. The minimum atomic E-state index is -0.125. The number of carbonyl (C=O) groups excluding carboxylic acids is 1. The fourth-order valence-electron chi connectivity index (χ4n) is 3.06. The number of ketones is 1. The molecule has 0 bridgehead atoms. The average molecular weight is 550 g/mol. The van der Waals surface area contributed by atoms with Gasteiger partial charge in [0.2, 0.25) is 0 Å². The number of carbonyl (C=O) groups is 1. The molecule has 145 valence electrons. The maximum Gasteiger partial charge on any atom is 0.155 e. The number of hydrogen-bond acceptors (Lipinski definition) is 3. The Kier molecular flexibility index (Phi) is 7.27. The summed E-state index contributed by atoms with van der Waals surface area (Å²) in [5.74, 6) is -0.0625. The van der Waals surface area contributed by atoms with Crippen molar-refractivity contribution in [2.75, 3.05) is 0 Å². The second-order valence-electron chi connectivity index (χ2n) is 6.33. The average Bonchev–Trinajstić information content (AvgIpc) is 2.94. The maximum atomic E-state index is 10.0. The largest absolute Gasteiger partial charge is 0.512 e. The van der Waals surface area contributed by atoms with Gasteiger partial charge in [-0.3, -0.25) is 4.79 Å². The number of aliphatic hydroxyl groups is 1. The third-order valence-corrected chi connectivity index (χ3v) is 4.20. The van der Waals surface area contributed by atoms with Crippen LogP contribution in [-0.4, -0.2) is 20.4 Å². The molecule has 28 heavy (non-hydrogen) atoms. The normalized spacial score (nSPS) is 10.9. The molecule has 0 aliphatic rings. The van der Waals surface area contributed by atoms with Gasteiger partial charge in [-0.05, 0) is 42.6 Å². The minimum Gasteiger partial charge on any atom is -0.512 e. The summed E-state index contributed by atoms with van der Waals surface area (Å²) in [6, 6.07) is 22.0. The zero-order chi connectivity index (χ0) is 19.4. The van der Waals surface area contributed by atoms with E-state index in [0.29, 0.717) is 0 Å². The van der Waals surface area contributed by atoms with Gasteiger partial charge < -0.3 is 14.7 Å². The number of hydrogen-bond donors (Lipinski definition) is 1. The van der Waals surface area contributed by atoms with E-state index in [2.05, 4.69) is 59.1 Å². The van der Waals surface area contributed by atoms with E-state index in [1.54, 1.807) is 0 Å². The summed E-state index contributed by atoms with van der Waals surface area (Å²) in [6.07, 6.45) is 2.98. The van der Waals surface area contributed by atoms with Gasteiger partial charge in [0.25, 0.3) is 0 Å². The number of nitrogens with zero attached hydrogens (tertiary/aromatic N) is 2. The molecule has 2 aromatic heterocycles. The maximum absolute atomic E-state index is 10.0. The molecule has 4 nitrogen and oxygen atoms in total. The molecule has 4 rings (SSSR count). The van der Waals surface area contributed by atoms with Crippen molar-refractivity contribution >= 4 is 27.6 Å². The number of rotatable bonds is 2. The Balaban J connectivity index is 0.000000306. The molecule has 0 fully saturated rings. The van der Waals surface area contributed by atoms with Crippen molar-refractivity contribution in [1.29, 1.82) is 0 Å². The first kappa shape index (κ1) is 21.5. The van der Waals surface area contributed by atoms with Gasteiger partial charge in [-0.15, -0.1) is 23.8 Å². The van der Waals surface area contributed by atoms with Crippen LogP contribution in [0.1, 0.15) is 13.8 Å². The Morgan fingerprint density at radius 3 is 2.39 bits per heavy atom. The zero-order valence-electron chi connectivity index (χ0n) is 15.9. The van der Waals surface area contributed by atoms with E-state index in [0.717, 1.165) is 11.3 Å². The van der Waals surface area contributed by atoms with Gasteiger partial charge in [0.1, 0.15) is 0 Å². The molecule has 0 spiro atoms. The van der Waals surface area contributed by atoms with Crippen LogP contribution in [0.15, 0.2) is 72.6 Å². The van der Waals surface area contributed by atoms with Crippen LogP contribution >= 0.6 is 0 Å². The van der Waals surface area contributed by atoms with Gasteiger partial charge in [0.05, 0.1) is 5.76 Å². The van der Waals surface area contributed by atoms with E-state index < -0.39 is 0 Å². The predicted molar refractivity (Wildman–Crippen MR) is 110 cm³/mol. The summed E-state index contributed by atoms with van der Waals surface area (Å²) in [5, 5.41) is 10.9. The third kappa shape index (κ3) is 4.75. The van der Waals surface area contributed by atoms with Crippen molar-refractivity contribution in [2.24, 2.45) is 7.05 Å². The monoisotopic (exact) mass is 550 g/mol. The summed E-state index contributed by atoms with van der Waals surface area (Å²) in [5.41, 5.74) is 4.45. The van der Waals surface area contributed by atoms with Crippen molar-refractivity contribution in [1.82, 2.24) is 9.55 Å². The number of para-hydroxylation sites is 1. The molecule has 0 saturated carbocycles. The van der Waals surface area contributed by atoms with Crippen molar-refractivity contribution in [3.63, 3.8) is 0 Å². The molecule has 0 saturated heterocycles. The van der Waals surface area contributed by atoms with Gasteiger partial charge in [-0.25, -0.2) is 0 Å². The smallest absolute Gasteiger partial charge is 0.155 e. The molecule has 4 aromatic rings. The molecule has 5 heteroatoms. The quantitative estimate of drug-likeness (QED) is 0.212. The minimum absolute atomic E-state index is 0. The Morgan fingerprint density at radius 1 is 1.07 bits per heavy atom. The SMILES string of the molecule is CC(=O)/C=C(/C)O.Cn1c2ccccc2c2c[c-]c(-c3ccccn3)cc21.[Ir]. The van der Waals surface area contributed by atoms with Crippen LogP contribution < -0.4 is 0 Å². The van der Waals surface area contributed by atoms with E-state index in [1.165, 1.54) is 41.7 Å². The van der Waals surface area contributed by atoms with Crippen LogP contribution in [-0.2, 0) is 31.9 Å². The molecule has 0 atom stereocenters. The predicted octanol–water partition coefficient (Wildman–Crippen LogP) is 5.23. The van der Waals surface area contributed by atoms with Gasteiger partial charge in [-0.1, -0.05) is 35.7 Å². The Hall–Kier alpha value is -2.75. The van der Waals surface area contributed by atoms with Crippen LogP contribution in [0.2, 0.25) is 0 Å². The van der Waals surface area contributed by atoms with Gasteiger partial charge in [-0.2, -0.15) is 0 Å². The second kappa shape index (κ2) is 9.45. The van der Waals surface area contributed by atoms with Crippen LogP contribution in [0.4, 0.5) is 0 Å². The van der Waals surface area contributed by atoms with E-state index in [-0.39, 0.29) is 31.6 Å². The number of aliphatic hydroxyl groups excluding tert-OH is 1. The van der Waals surface area contributed by atoms with Crippen molar-refractivity contribution in [3.05, 3.63) is 78.7 Å². The Bertz CT molecular complexity index is 1130. The number of aromatic nitrogens is 2. The fraction of sp³-hybridized carbons (Fsp3) is 0.130. The molecular weight excluding hydrogens is 528 g/mol. The molecule has 0 amide bonds. The topological polar surface area (TPSA) is 55.1 Å². The first-order valence-electron chi connectivity index (χ1n) is 8.65. The van der Waals surface area contributed by atoms with E-state index in [1.807, 2.05) is 24.4 Å². The van der Waals surface area contributed by atoms with E-state index in [9.17, 15) is 4.79 Å². The summed E-state index contributed by atoms with van der Waals surface area (Å²) < 4.78 is 2.23. The summed E-state index contributed by atoms with van der Waals surface area (Å²) in [6.45, 7) is 2.85. The molecule has 2 heterocycles. The summed E-state index contributed by atoms with van der Waals surface area (Å²) in [4.78, 5) is 14.4.